The molecule has 1 aromatic rings. The lowest BCUT2D eigenvalue weighted by Crippen LogP contribution is -2.23. The van der Waals surface area contributed by atoms with E-state index in [2.05, 4.69) is 6.07 Å². The van der Waals surface area contributed by atoms with E-state index < -0.39 is 6.10 Å². The summed E-state index contributed by atoms with van der Waals surface area (Å²) in [5, 5.41) is 10.5. The van der Waals surface area contributed by atoms with Crippen LogP contribution in [0.15, 0.2) is 18.2 Å². The number of hydrogen-bond donors (Lipinski definition) is 1. The topological polar surface area (TPSA) is 38.7 Å². The van der Waals surface area contributed by atoms with E-state index in [0.717, 1.165) is 37.2 Å². The van der Waals surface area contributed by atoms with Gasteiger partial charge in [0.15, 0.2) is 0 Å². The summed E-state index contributed by atoms with van der Waals surface area (Å²) in [6, 6.07) is 6.01. The van der Waals surface area contributed by atoms with Crippen LogP contribution in [0.1, 0.15) is 43.9 Å². The molecule has 2 rings (SSSR count). The molecule has 0 bridgehead atoms. The van der Waals surface area contributed by atoms with E-state index in [1.165, 1.54) is 5.56 Å². The quantitative estimate of drug-likeness (QED) is 0.873. The maximum absolute atomic E-state index is 10.5. The summed E-state index contributed by atoms with van der Waals surface area (Å²) in [6.45, 7) is 5.33. The van der Waals surface area contributed by atoms with Crippen LogP contribution in [-0.4, -0.2) is 24.4 Å². The lowest BCUT2D eigenvalue weighted by atomic mass is 9.96. The van der Waals surface area contributed by atoms with Gasteiger partial charge < -0.3 is 14.6 Å². The van der Waals surface area contributed by atoms with Gasteiger partial charge in [-0.1, -0.05) is 25.1 Å². The number of aliphatic hydroxyl groups excluding tert-OH is 1. The van der Waals surface area contributed by atoms with Gasteiger partial charge in [0.25, 0.3) is 0 Å². The monoisotopic (exact) mass is 250 g/mol. The van der Waals surface area contributed by atoms with E-state index in [1.807, 2.05) is 26.0 Å². The van der Waals surface area contributed by atoms with Crippen LogP contribution >= 0.6 is 0 Å². The summed E-state index contributed by atoms with van der Waals surface area (Å²) < 4.78 is 11.3. The Morgan fingerprint density at radius 1 is 1.39 bits per heavy atom. The lowest BCUT2D eigenvalue weighted by molar-refractivity contribution is -0.0367. The minimum atomic E-state index is -0.608. The number of fused-ring (bicyclic) bond motifs is 1. The summed E-state index contributed by atoms with van der Waals surface area (Å²) >= 11 is 0. The zero-order chi connectivity index (χ0) is 13.0. The number of aryl methyl sites for hydroxylation is 1. The Balaban J connectivity index is 2.26. The second kappa shape index (κ2) is 6.21. The van der Waals surface area contributed by atoms with Gasteiger partial charge in [-0.15, -0.1) is 0 Å². The Bertz CT molecular complexity index is 389. The molecule has 1 N–H and O–H groups in total. The predicted octanol–water partition coefficient (Wildman–Crippen LogP) is 2.86. The highest BCUT2D eigenvalue weighted by Gasteiger charge is 2.25. The second-order valence-electron chi connectivity index (χ2n) is 4.63. The van der Waals surface area contributed by atoms with Gasteiger partial charge in [0.1, 0.15) is 11.9 Å². The van der Waals surface area contributed by atoms with E-state index in [1.54, 1.807) is 0 Å². The molecule has 2 atom stereocenters. The summed E-state index contributed by atoms with van der Waals surface area (Å²) in [5.74, 6) is 0.870. The van der Waals surface area contributed by atoms with E-state index in [9.17, 15) is 5.11 Å². The van der Waals surface area contributed by atoms with Crippen molar-refractivity contribution in [3.05, 3.63) is 29.3 Å². The molecule has 3 heteroatoms. The molecule has 0 saturated heterocycles. The first-order chi connectivity index (χ1) is 8.77. The first-order valence-electron chi connectivity index (χ1n) is 6.82. The first-order valence-corrected chi connectivity index (χ1v) is 6.82. The molecule has 0 amide bonds. The third-order valence-electron chi connectivity index (χ3n) is 3.42. The highest BCUT2D eigenvalue weighted by molar-refractivity contribution is 5.44. The zero-order valence-electron chi connectivity index (χ0n) is 11.2. The number of para-hydroxylation sites is 1. The highest BCUT2D eigenvalue weighted by Crippen LogP contribution is 2.35. The molecule has 0 spiro atoms. The van der Waals surface area contributed by atoms with Gasteiger partial charge in [0.05, 0.1) is 12.7 Å². The molecular weight excluding hydrogens is 228 g/mol. The third-order valence-corrected chi connectivity index (χ3v) is 3.42. The molecular formula is C15H22O3. The zero-order valence-corrected chi connectivity index (χ0v) is 11.2. The van der Waals surface area contributed by atoms with Crippen LogP contribution in [0.3, 0.4) is 0 Å². The minimum absolute atomic E-state index is 0.160. The van der Waals surface area contributed by atoms with Crippen molar-refractivity contribution in [1.82, 2.24) is 0 Å². The van der Waals surface area contributed by atoms with Crippen molar-refractivity contribution < 1.29 is 14.6 Å². The summed E-state index contributed by atoms with van der Waals surface area (Å²) in [5.41, 5.74) is 2.07. The van der Waals surface area contributed by atoms with Crippen molar-refractivity contribution >= 4 is 0 Å². The smallest absolute Gasteiger partial charge is 0.128 e. The van der Waals surface area contributed by atoms with Crippen LogP contribution < -0.4 is 4.74 Å². The number of ether oxygens (including phenoxy) is 2. The SMILES string of the molecule is CCOC(CC)C(O)c1cccc2c1OCCC2. The van der Waals surface area contributed by atoms with E-state index in [0.29, 0.717) is 6.61 Å². The fourth-order valence-electron chi connectivity index (χ4n) is 2.49. The largest absolute Gasteiger partial charge is 0.493 e. The van der Waals surface area contributed by atoms with Crippen LogP contribution in [0.25, 0.3) is 0 Å². The molecule has 0 fully saturated rings. The third kappa shape index (κ3) is 2.68. The molecule has 0 radical (unpaired) electrons. The van der Waals surface area contributed by atoms with Gasteiger partial charge in [0.2, 0.25) is 0 Å². The van der Waals surface area contributed by atoms with Gasteiger partial charge in [-0.25, -0.2) is 0 Å². The molecule has 100 valence electrons. The lowest BCUT2D eigenvalue weighted by Gasteiger charge is -2.26. The van der Waals surface area contributed by atoms with Gasteiger partial charge >= 0.3 is 0 Å². The van der Waals surface area contributed by atoms with Gasteiger partial charge in [-0.05, 0) is 31.7 Å². The molecule has 0 aromatic heterocycles. The van der Waals surface area contributed by atoms with Crippen molar-refractivity contribution in [3.8, 4) is 5.75 Å². The highest BCUT2D eigenvalue weighted by atomic mass is 16.5. The molecule has 1 heterocycles. The fourth-order valence-corrected chi connectivity index (χ4v) is 2.49. The first kappa shape index (κ1) is 13.4. The molecule has 1 aromatic carbocycles. The van der Waals surface area contributed by atoms with E-state index in [4.69, 9.17) is 9.47 Å². The maximum Gasteiger partial charge on any atom is 0.128 e. The van der Waals surface area contributed by atoms with Gasteiger partial charge in [-0.2, -0.15) is 0 Å². The minimum Gasteiger partial charge on any atom is -0.493 e. The summed E-state index contributed by atoms with van der Waals surface area (Å²) in [4.78, 5) is 0. The predicted molar refractivity (Wildman–Crippen MR) is 70.9 cm³/mol. The second-order valence-corrected chi connectivity index (χ2v) is 4.63. The standard InChI is InChI=1S/C15H22O3/c1-3-13(17-4-2)14(16)12-9-5-7-11-8-6-10-18-15(11)12/h5,7,9,13-14,16H,3-4,6,8,10H2,1-2H3. The van der Waals surface area contributed by atoms with Crippen LogP contribution in [-0.2, 0) is 11.2 Å². The van der Waals surface area contributed by atoms with Crippen LogP contribution in [0.4, 0.5) is 0 Å². The molecule has 2 unspecified atom stereocenters. The van der Waals surface area contributed by atoms with Crippen LogP contribution in [0.5, 0.6) is 5.75 Å². The molecule has 0 aliphatic carbocycles. The van der Waals surface area contributed by atoms with E-state index >= 15 is 0 Å². The summed E-state index contributed by atoms with van der Waals surface area (Å²) in [6.07, 6.45) is 2.10. The normalized spacial score (nSPS) is 17.7. The van der Waals surface area contributed by atoms with E-state index in [-0.39, 0.29) is 6.10 Å². The van der Waals surface area contributed by atoms with Crippen molar-refractivity contribution in [2.24, 2.45) is 0 Å². The molecule has 0 saturated carbocycles. The van der Waals surface area contributed by atoms with Crippen LogP contribution in [0.2, 0.25) is 0 Å². The van der Waals surface area contributed by atoms with Crippen molar-refractivity contribution in [1.29, 1.82) is 0 Å². The average Bonchev–Trinajstić information content (AvgIpc) is 2.43. The average molecular weight is 250 g/mol. The molecule has 1 aliphatic rings. The number of hydrogen-bond acceptors (Lipinski definition) is 3. The number of rotatable bonds is 5. The molecule has 1 aliphatic heterocycles. The van der Waals surface area contributed by atoms with Gasteiger partial charge in [-0.3, -0.25) is 0 Å². The van der Waals surface area contributed by atoms with Gasteiger partial charge in [0, 0.05) is 12.2 Å². The van der Waals surface area contributed by atoms with Crippen molar-refractivity contribution in [2.45, 2.75) is 45.3 Å². The Labute approximate surface area is 109 Å². The number of aliphatic hydroxyl groups is 1. The molecule has 18 heavy (non-hydrogen) atoms. The Hall–Kier alpha value is -1.06. The maximum atomic E-state index is 10.5. The van der Waals surface area contributed by atoms with Crippen LogP contribution in [0, 0.1) is 0 Å². The Morgan fingerprint density at radius 3 is 2.94 bits per heavy atom. The summed E-state index contributed by atoms with van der Waals surface area (Å²) in [7, 11) is 0. The molecule has 3 nitrogen and oxygen atoms in total. The number of benzene rings is 1. The van der Waals surface area contributed by atoms with Crippen molar-refractivity contribution in [2.75, 3.05) is 13.2 Å². The Kier molecular flexibility index (Phi) is 4.61. The fraction of sp³-hybridized carbons (Fsp3) is 0.600. The Morgan fingerprint density at radius 2 is 2.22 bits per heavy atom. The van der Waals surface area contributed by atoms with Crippen molar-refractivity contribution in [3.63, 3.8) is 0 Å².